The van der Waals surface area contributed by atoms with Crippen LogP contribution in [0.4, 0.5) is 5.95 Å². The van der Waals surface area contributed by atoms with Gasteiger partial charge in [-0.1, -0.05) is 0 Å². The number of nitrogens with zero attached hydrogens (tertiary/aromatic N) is 3. The number of aromatic nitrogens is 2. The lowest BCUT2D eigenvalue weighted by Gasteiger charge is -2.26. The fraction of sp³-hybridized carbons (Fsp3) is 0.385. The lowest BCUT2D eigenvalue weighted by Crippen LogP contribution is -2.30. The van der Waals surface area contributed by atoms with E-state index in [9.17, 15) is 0 Å². The van der Waals surface area contributed by atoms with E-state index < -0.39 is 0 Å². The van der Waals surface area contributed by atoms with Gasteiger partial charge in [0.2, 0.25) is 5.95 Å². The zero-order valence-corrected chi connectivity index (χ0v) is 11.0. The number of thiophene rings is 1. The largest absolute Gasteiger partial charge is 0.336 e. The Morgan fingerprint density at radius 2 is 2.17 bits per heavy atom. The molecule has 0 bridgehead atoms. The summed E-state index contributed by atoms with van der Waals surface area (Å²) >= 11 is 1.85. The van der Waals surface area contributed by atoms with E-state index in [1.165, 1.54) is 10.4 Å². The molecule has 0 radical (unpaired) electrons. The fourth-order valence-corrected chi connectivity index (χ4v) is 3.12. The molecule has 2 aromatic rings. The number of nitrogens with two attached hydrogens (primary N) is 1. The van der Waals surface area contributed by atoms with E-state index in [4.69, 9.17) is 5.73 Å². The number of hydrogen-bond donors (Lipinski definition) is 1. The summed E-state index contributed by atoms with van der Waals surface area (Å²) in [6, 6.07) is 2.20. The third-order valence-electron chi connectivity index (χ3n) is 3.22. The minimum atomic E-state index is 0.644. The zero-order valence-electron chi connectivity index (χ0n) is 10.2. The van der Waals surface area contributed by atoms with Gasteiger partial charge in [-0.25, -0.2) is 9.97 Å². The number of rotatable bonds is 3. The normalized spacial score (nSPS) is 14.6. The second-order valence-electron chi connectivity index (χ2n) is 4.47. The monoisotopic (exact) mass is 260 g/mol. The van der Waals surface area contributed by atoms with E-state index in [0.29, 0.717) is 6.54 Å². The molecule has 0 amide bonds. The van der Waals surface area contributed by atoms with Gasteiger partial charge < -0.3 is 10.6 Å². The molecule has 3 rings (SSSR count). The third-order valence-corrected chi connectivity index (χ3v) is 4.24. The molecule has 0 atom stereocenters. The van der Waals surface area contributed by atoms with Crippen molar-refractivity contribution >= 4 is 17.3 Å². The quantitative estimate of drug-likeness (QED) is 0.911. The van der Waals surface area contributed by atoms with Crippen molar-refractivity contribution in [3.05, 3.63) is 39.8 Å². The maximum Gasteiger partial charge on any atom is 0.225 e. The average molecular weight is 260 g/mol. The van der Waals surface area contributed by atoms with Gasteiger partial charge in [-0.15, -0.1) is 11.3 Å². The molecule has 1 aliphatic heterocycles. The van der Waals surface area contributed by atoms with Crippen molar-refractivity contribution in [3.8, 4) is 0 Å². The molecule has 0 aliphatic carbocycles. The van der Waals surface area contributed by atoms with Crippen molar-refractivity contribution < 1.29 is 0 Å². The van der Waals surface area contributed by atoms with Crippen LogP contribution in [0.2, 0.25) is 0 Å². The van der Waals surface area contributed by atoms with Crippen LogP contribution >= 0.6 is 11.3 Å². The molecular formula is C13H16N4S. The van der Waals surface area contributed by atoms with Gasteiger partial charge in [0.1, 0.15) is 0 Å². The number of fused-ring (bicyclic) bond motifs is 1. The van der Waals surface area contributed by atoms with Crippen molar-refractivity contribution in [2.45, 2.75) is 19.4 Å². The van der Waals surface area contributed by atoms with Gasteiger partial charge >= 0.3 is 0 Å². The Labute approximate surface area is 110 Å². The Hall–Kier alpha value is -1.46. The molecule has 0 saturated carbocycles. The lowest BCUT2D eigenvalue weighted by atomic mass is 10.1. The smallest absolute Gasteiger partial charge is 0.225 e. The van der Waals surface area contributed by atoms with Crippen LogP contribution in [0.1, 0.15) is 16.0 Å². The first-order chi connectivity index (χ1) is 8.86. The summed E-state index contributed by atoms with van der Waals surface area (Å²) in [5.41, 5.74) is 8.04. The minimum absolute atomic E-state index is 0.644. The molecule has 2 N–H and O–H groups in total. The molecule has 0 aromatic carbocycles. The Kier molecular flexibility index (Phi) is 3.25. The van der Waals surface area contributed by atoms with E-state index in [2.05, 4.69) is 26.3 Å². The Balaban J connectivity index is 1.76. The standard InChI is InChI=1S/C13H16N4S/c14-4-1-10-7-15-13(16-8-10)17-5-2-12-11(9-17)3-6-18-12/h3,6-8H,1-2,4-5,9,14H2. The predicted molar refractivity (Wildman–Crippen MR) is 73.9 cm³/mol. The van der Waals surface area contributed by atoms with Gasteiger partial charge in [-0.05, 0) is 42.0 Å². The molecule has 4 nitrogen and oxygen atoms in total. The van der Waals surface area contributed by atoms with Crippen LogP contribution in [0.25, 0.3) is 0 Å². The molecule has 3 heterocycles. The van der Waals surface area contributed by atoms with Crippen LogP contribution in [-0.4, -0.2) is 23.1 Å². The first kappa shape index (κ1) is 11.6. The van der Waals surface area contributed by atoms with E-state index in [1.54, 1.807) is 0 Å². The van der Waals surface area contributed by atoms with Crippen molar-refractivity contribution in [1.29, 1.82) is 0 Å². The molecule has 0 spiro atoms. The fourth-order valence-electron chi connectivity index (χ4n) is 2.23. The highest BCUT2D eigenvalue weighted by atomic mass is 32.1. The van der Waals surface area contributed by atoms with Crippen molar-refractivity contribution in [2.24, 2.45) is 5.73 Å². The summed E-state index contributed by atoms with van der Waals surface area (Å²) in [4.78, 5) is 12.6. The Morgan fingerprint density at radius 3 is 2.94 bits per heavy atom. The molecule has 94 valence electrons. The van der Waals surface area contributed by atoms with Gasteiger partial charge in [0, 0.05) is 30.4 Å². The maximum absolute atomic E-state index is 5.52. The van der Waals surface area contributed by atoms with Gasteiger partial charge in [0.05, 0.1) is 0 Å². The molecule has 5 heteroatoms. The van der Waals surface area contributed by atoms with Crippen LogP contribution in [0.15, 0.2) is 23.8 Å². The summed E-state index contributed by atoms with van der Waals surface area (Å²) in [6.07, 6.45) is 5.71. The van der Waals surface area contributed by atoms with E-state index in [-0.39, 0.29) is 0 Å². The van der Waals surface area contributed by atoms with Crippen molar-refractivity contribution in [2.75, 3.05) is 18.0 Å². The summed E-state index contributed by atoms with van der Waals surface area (Å²) < 4.78 is 0. The van der Waals surface area contributed by atoms with Crippen LogP contribution in [0, 0.1) is 0 Å². The second kappa shape index (κ2) is 5.04. The lowest BCUT2D eigenvalue weighted by molar-refractivity contribution is 0.716. The molecule has 18 heavy (non-hydrogen) atoms. The van der Waals surface area contributed by atoms with E-state index >= 15 is 0 Å². The summed E-state index contributed by atoms with van der Waals surface area (Å²) in [7, 11) is 0. The minimum Gasteiger partial charge on any atom is -0.336 e. The summed E-state index contributed by atoms with van der Waals surface area (Å²) in [5, 5.41) is 2.17. The SMILES string of the molecule is NCCc1cnc(N2CCc3sccc3C2)nc1. The predicted octanol–water partition coefficient (Wildman–Crippen LogP) is 1.60. The third kappa shape index (κ3) is 2.23. The first-order valence-corrected chi connectivity index (χ1v) is 7.06. The molecule has 0 saturated heterocycles. The van der Waals surface area contributed by atoms with Crippen molar-refractivity contribution in [3.63, 3.8) is 0 Å². The molecule has 1 aliphatic rings. The van der Waals surface area contributed by atoms with Crippen LogP contribution in [-0.2, 0) is 19.4 Å². The van der Waals surface area contributed by atoms with E-state index in [1.807, 2.05) is 23.7 Å². The van der Waals surface area contributed by atoms with Gasteiger partial charge in [-0.2, -0.15) is 0 Å². The summed E-state index contributed by atoms with van der Waals surface area (Å²) in [5.74, 6) is 0.827. The average Bonchev–Trinajstić information content (AvgIpc) is 2.87. The molecule has 0 unspecified atom stereocenters. The van der Waals surface area contributed by atoms with Crippen LogP contribution < -0.4 is 10.6 Å². The Bertz CT molecular complexity index is 520. The summed E-state index contributed by atoms with van der Waals surface area (Å²) in [6.45, 7) is 2.57. The van der Waals surface area contributed by atoms with E-state index in [0.717, 1.165) is 37.4 Å². The highest BCUT2D eigenvalue weighted by Crippen LogP contribution is 2.25. The van der Waals surface area contributed by atoms with Crippen molar-refractivity contribution in [1.82, 2.24) is 9.97 Å². The number of anilines is 1. The topological polar surface area (TPSA) is 55.0 Å². The highest BCUT2D eigenvalue weighted by molar-refractivity contribution is 7.10. The van der Waals surface area contributed by atoms with Gasteiger partial charge in [-0.3, -0.25) is 0 Å². The van der Waals surface area contributed by atoms with Gasteiger partial charge in [0.15, 0.2) is 0 Å². The maximum atomic E-state index is 5.52. The molecular weight excluding hydrogens is 244 g/mol. The zero-order chi connectivity index (χ0) is 12.4. The Morgan fingerprint density at radius 1 is 1.33 bits per heavy atom. The highest BCUT2D eigenvalue weighted by Gasteiger charge is 2.18. The first-order valence-electron chi connectivity index (χ1n) is 6.18. The molecule has 2 aromatic heterocycles. The van der Waals surface area contributed by atoms with Crippen LogP contribution in [0.5, 0.6) is 0 Å². The second-order valence-corrected chi connectivity index (χ2v) is 5.47. The van der Waals surface area contributed by atoms with Crippen LogP contribution in [0.3, 0.4) is 0 Å². The number of hydrogen-bond acceptors (Lipinski definition) is 5. The van der Waals surface area contributed by atoms with Gasteiger partial charge in [0.25, 0.3) is 0 Å². The molecule has 0 fully saturated rings.